The van der Waals surface area contributed by atoms with Crippen LogP contribution in [0.4, 0.5) is 11.4 Å². The molecule has 6 rings (SSSR count). The van der Waals surface area contributed by atoms with Gasteiger partial charge in [0.25, 0.3) is 0 Å². The minimum atomic E-state index is -0.261. The third-order valence-corrected chi connectivity index (χ3v) is 9.90. The first kappa shape index (κ1) is 32.4. The predicted molar refractivity (Wildman–Crippen MR) is 169 cm³/mol. The van der Waals surface area contributed by atoms with Crippen molar-refractivity contribution in [3.05, 3.63) is 94.7 Å². The molecule has 2 aromatic carbocycles. The van der Waals surface area contributed by atoms with E-state index in [-0.39, 0.29) is 58.4 Å². The quantitative estimate of drug-likeness (QED) is 0.0560. The molecule has 2 unspecified atom stereocenters. The summed E-state index contributed by atoms with van der Waals surface area (Å²) in [7, 11) is 2.09. The van der Waals surface area contributed by atoms with Gasteiger partial charge in [-0.2, -0.15) is 18.2 Å². The monoisotopic (exact) mass is 601 g/mol. The second-order valence-corrected chi connectivity index (χ2v) is 12.9. The van der Waals surface area contributed by atoms with E-state index in [4.69, 9.17) is 10.6 Å². The number of hydrazine groups is 1. The molecule has 0 radical (unpaired) electrons. The van der Waals surface area contributed by atoms with Crippen LogP contribution in [0.1, 0.15) is 76.8 Å². The number of hydrogen-bond donors (Lipinski definition) is 2. The number of nitrogens with one attached hydrogen (secondary N) is 1. The standard InChI is InChI=1S/C36H42N4O3.Na/c1-35(2)26-13-8-10-15-28(26)39(4)31(35)19-18-24-23-25-30(43-34(24)42)20-22-40-29-16-11-9-14-27(29)36(3,33(25)40)21-12-6-5-7-17-32(41)38-37;/h8,10-11,13-16,18-19,23,30H,5-7,12,17,20-22,37H2,1-4H3,(H,38,41);/q;+1. The van der Waals surface area contributed by atoms with Crippen molar-refractivity contribution in [3.63, 3.8) is 0 Å². The van der Waals surface area contributed by atoms with Gasteiger partial charge in [0.15, 0.2) is 12.3 Å². The van der Waals surface area contributed by atoms with Crippen LogP contribution in [-0.4, -0.2) is 41.9 Å². The zero-order valence-electron chi connectivity index (χ0n) is 26.7. The van der Waals surface area contributed by atoms with Gasteiger partial charge in [0.2, 0.25) is 5.91 Å². The van der Waals surface area contributed by atoms with Crippen LogP contribution in [0.3, 0.4) is 0 Å². The smallest absolute Gasteiger partial charge is 0.453 e. The summed E-state index contributed by atoms with van der Waals surface area (Å²) in [4.78, 5) is 27.0. The van der Waals surface area contributed by atoms with Crippen LogP contribution in [0, 0.1) is 6.07 Å². The Bertz CT molecular complexity index is 1600. The summed E-state index contributed by atoms with van der Waals surface area (Å²) in [6, 6.07) is 18.1. The molecule has 0 spiro atoms. The summed E-state index contributed by atoms with van der Waals surface area (Å²) in [6.45, 7) is 7.60. The molecule has 1 amide bonds. The number of allylic oxidation sites excluding steroid dienone is 3. The van der Waals surface area contributed by atoms with Crippen LogP contribution in [-0.2, 0) is 25.2 Å². The SMILES string of the molecule is CN1/C(=C/C=C2/C=C3C4=[N+](CCC3OC2=O)c2cc[c-]cc2C4(C)CCCCCCC(=O)NN)C(C)(C)c2ccccc21.[Na+]. The Hall–Kier alpha value is -2.97. The molecular weight excluding hydrogens is 559 g/mol. The Morgan fingerprint density at radius 1 is 1.14 bits per heavy atom. The van der Waals surface area contributed by atoms with E-state index in [1.54, 1.807) is 0 Å². The van der Waals surface area contributed by atoms with E-state index in [0.717, 1.165) is 56.3 Å². The molecule has 0 aromatic heterocycles. The number of carbonyl (C=O) groups excluding carboxylic acids is 2. The summed E-state index contributed by atoms with van der Waals surface area (Å²) in [5.41, 5.74) is 10.9. The van der Waals surface area contributed by atoms with Gasteiger partial charge in [0.1, 0.15) is 11.8 Å². The van der Waals surface area contributed by atoms with Crippen LogP contribution in [0.15, 0.2) is 77.5 Å². The number of anilines is 1. The second-order valence-electron chi connectivity index (χ2n) is 12.9. The molecular formula is C36H42N4NaO3+. The third-order valence-electron chi connectivity index (χ3n) is 9.90. The number of nitrogens with two attached hydrogens (primary N) is 1. The Kier molecular flexibility index (Phi) is 9.43. The van der Waals surface area contributed by atoms with Gasteiger partial charge in [-0.05, 0) is 42.7 Å². The number of hydrogen-bond acceptors (Lipinski definition) is 5. The maximum absolute atomic E-state index is 13.3. The van der Waals surface area contributed by atoms with E-state index in [2.05, 4.69) is 97.3 Å². The van der Waals surface area contributed by atoms with Crippen LogP contribution in [0.5, 0.6) is 0 Å². The van der Waals surface area contributed by atoms with Crippen molar-refractivity contribution in [1.82, 2.24) is 5.43 Å². The molecule has 0 fully saturated rings. The number of para-hydroxylation sites is 1. The number of benzene rings is 2. The van der Waals surface area contributed by atoms with Gasteiger partial charge in [-0.3, -0.25) is 10.2 Å². The van der Waals surface area contributed by atoms with Crippen molar-refractivity contribution in [1.29, 1.82) is 0 Å². The normalized spacial score (nSPS) is 24.7. The van der Waals surface area contributed by atoms with Crippen LogP contribution in [0.2, 0.25) is 0 Å². The summed E-state index contributed by atoms with van der Waals surface area (Å²) >= 11 is 0. The second kappa shape index (κ2) is 12.8. The molecule has 0 saturated heterocycles. The fourth-order valence-electron chi connectivity index (χ4n) is 7.64. The minimum absolute atomic E-state index is 0. The van der Waals surface area contributed by atoms with Crippen molar-refractivity contribution in [2.24, 2.45) is 5.84 Å². The predicted octanol–water partition coefficient (Wildman–Crippen LogP) is 2.67. The van der Waals surface area contributed by atoms with Crippen molar-refractivity contribution in [3.8, 4) is 0 Å². The van der Waals surface area contributed by atoms with Crippen molar-refractivity contribution in [2.75, 3.05) is 18.5 Å². The Morgan fingerprint density at radius 2 is 1.91 bits per heavy atom. The molecule has 3 N–H and O–H groups in total. The summed E-state index contributed by atoms with van der Waals surface area (Å²) in [5, 5.41) is 0. The number of likely N-dealkylation sites (N-methyl/N-ethyl adjacent to an activating group) is 1. The van der Waals surface area contributed by atoms with E-state index in [1.807, 2.05) is 12.1 Å². The van der Waals surface area contributed by atoms with Gasteiger partial charge in [0, 0.05) is 42.1 Å². The molecule has 4 heterocycles. The Balaban J connectivity index is 0.00000384. The van der Waals surface area contributed by atoms with E-state index in [0.29, 0.717) is 12.0 Å². The summed E-state index contributed by atoms with van der Waals surface area (Å²) < 4.78 is 8.57. The molecule has 4 aliphatic rings. The molecule has 44 heavy (non-hydrogen) atoms. The van der Waals surface area contributed by atoms with Gasteiger partial charge < -0.3 is 9.64 Å². The average Bonchev–Trinajstić information content (AvgIpc) is 3.38. The van der Waals surface area contributed by atoms with E-state index < -0.39 is 0 Å². The van der Waals surface area contributed by atoms with Crippen molar-refractivity contribution < 1.29 is 48.5 Å². The number of rotatable bonds is 8. The first-order chi connectivity index (χ1) is 20.7. The number of unbranched alkanes of at least 4 members (excludes halogenated alkanes) is 3. The zero-order chi connectivity index (χ0) is 30.4. The van der Waals surface area contributed by atoms with Crippen molar-refractivity contribution >= 4 is 29.0 Å². The van der Waals surface area contributed by atoms with Crippen molar-refractivity contribution in [2.45, 2.75) is 82.7 Å². The number of ether oxygens (including phenoxy) is 1. The molecule has 0 aliphatic carbocycles. The first-order valence-electron chi connectivity index (χ1n) is 15.5. The molecule has 7 nitrogen and oxygen atoms in total. The fraction of sp³-hybridized carbons (Fsp3) is 0.417. The third kappa shape index (κ3) is 5.53. The van der Waals surface area contributed by atoms with Crippen LogP contribution < -0.4 is 45.7 Å². The maximum Gasteiger partial charge on any atom is 1.00 e. The number of esters is 1. The molecule has 0 bridgehead atoms. The van der Waals surface area contributed by atoms with E-state index in [9.17, 15) is 9.59 Å². The number of nitrogens with zero attached hydrogens (tertiary/aromatic N) is 2. The van der Waals surface area contributed by atoms with E-state index >= 15 is 0 Å². The molecule has 224 valence electrons. The van der Waals surface area contributed by atoms with E-state index in [1.165, 1.54) is 28.2 Å². The van der Waals surface area contributed by atoms with Crippen LogP contribution >= 0.6 is 0 Å². The fourth-order valence-corrected chi connectivity index (χ4v) is 7.64. The topological polar surface area (TPSA) is 87.7 Å². The van der Waals surface area contributed by atoms with Gasteiger partial charge in [0.05, 0.1) is 11.1 Å². The maximum atomic E-state index is 13.3. The van der Waals surface area contributed by atoms with Gasteiger partial charge >= 0.3 is 35.5 Å². The Morgan fingerprint density at radius 3 is 2.68 bits per heavy atom. The van der Waals surface area contributed by atoms with Gasteiger partial charge in [-0.1, -0.05) is 63.8 Å². The number of carbonyl (C=O) groups is 2. The minimum Gasteiger partial charge on any atom is -0.453 e. The van der Waals surface area contributed by atoms with Crippen LogP contribution in [0.25, 0.3) is 0 Å². The molecule has 0 saturated carbocycles. The van der Waals surface area contributed by atoms with Gasteiger partial charge in [-0.15, -0.1) is 6.07 Å². The number of amides is 1. The molecule has 2 atom stereocenters. The summed E-state index contributed by atoms with van der Waals surface area (Å²) in [6.07, 6.45) is 11.9. The largest absolute Gasteiger partial charge is 1.00 e. The number of fused-ring (bicyclic) bond motifs is 5. The zero-order valence-corrected chi connectivity index (χ0v) is 28.7. The molecule has 4 aliphatic heterocycles. The van der Waals surface area contributed by atoms with Gasteiger partial charge in [-0.25, -0.2) is 15.2 Å². The summed E-state index contributed by atoms with van der Waals surface area (Å²) in [5.74, 6) is 4.85. The molecule has 8 heteroatoms. The Labute approximate surface area is 283 Å². The average molecular weight is 602 g/mol. The molecule has 2 aromatic rings. The first-order valence-corrected chi connectivity index (χ1v) is 15.5.